The fraction of sp³-hybridized carbons (Fsp3) is 0.571. The van der Waals surface area contributed by atoms with E-state index in [1.54, 1.807) is 0 Å². The number of allylic oxidation sites excluding steroid dienone is 2. The monoisotopic (exact) mass is 234 g/mol. The lowest BCUT2D eigenvalue weighted by Crippen LogP contribution is -2.25. The van der Waals surface area contributed by atoms with Crippen molar-refractivity contribution in [2.24, 2.45) is 11.8 Å². The minimum absolute atomic E-state index is 0.110. The first kappa shape index (κ1) is 12.2. The number of fused-ring (bicyclic) bond motifs is 1. The number of ether oxygens (including phenoxy) is 1. The molecule has 0 aromatic carbocycles. The number of carbonyl (C=O) groups is 2. The first-order valence-electron chi connectivity index (χ1n) is 6.07. The molecule has 3 atom stereocenters. The Morgan fingerprint density at radius 1 is 1.35 bits per heavy atom. The van der Waals surface area contributed by atoms with Gasteiger partial charge in [-0.05, 0) is 11.8 Å². The predicted molar refractivity (Wildman–Crippen MR) is 64.5 cm³/mol. The van der Waals surface area contributed by atoms with Crippen LogP contribution in [0, 0.1) is 11.8 Å². The van der Waals surface area contributed by atoms with Crippen LogP contribution >= 0.6 is 0 Å². The maximum Gasteiger partial charge on any atom is 0.229 e. The van der Waals surface area contributed by atoms with E-state index in [0.717, 1.165) is 5.57 Å². The van der Waals surface area contributed by atoms with E-state index in [1.165, 1.54) is 0 Å². The predicted octanol–water partition coefficient (Wildman–Crippen LogP) is 2.07. The second-order valence-electron chi connectivity index (χ2n) is 5.22. The summed E-state index contributed by atoms with van der Waals surface area (Å²) in [6.45, 7) is 8.05. The Morgan fingerprint density at radius 3 is 2.71 bits per heavy atom. The molecule has 0 unspecified atom stereocenters. The fourth-order valence-corrected chi connectivity index (χ4v) is 2.11. The second-order valence-corrected chi connectivity index (χ2v) is 5.22. The van der Waals surface area contributed by atoms with Gasteiger partial charge in [-0.15, -0.1) is 0 Å². The molecule has 1 aliphatic heterocycles. The normalized spacial score (nSPS) is 35.7. The summed E-state index contributed by atoms with van der Waals surface area (Å²) in [5.41, 5.74) is 0.963. The molecule has 0 radical (unpaired) electrons. The SMILES string of the molecule is C=C1/C=C\[C@@H](C(C)C)CC(=O)C(=O)[C@@H]2O[C@@H]2C1. The maximum atomic E-state index is 11.8. The van der Waals surface area contributed by atoms with Crippen molar-refractivity contribution >= 4 is 11.6 Å². The van der Waals surface area contributed by atoms with Gasteiger partial charge in [0.1, 0.15) is 0 Å². The largest absolute Gasteiger partial charge is 0.360 e. The van der Waals surface area contributed by atoms with Crippen molar-refractivity contribution in [3.63, 3.8) is 0 Å². The van der Waals surface area contributed by atoms with Gasteiger partial charge in [0.15, 0.2) is 6.10 Å². The van der Waals surface area contributed by atoms with Crippen molar-refractivity contribution in [2.45, 2.75) is 38.9 Å². The molecule has 3 heteroatoms. The zero-order valence-electron chi connectivity index (χ0n) is 10.3. The van der Waals surface area contributed by atoms with Crippen LogP contribution in [0.4, 0.5) is 0 Å². The minimum atomic E-state index is -0.501. The molecule has 2 aliphatic rings. The molecule has 0 amide bonds. The van der Waals surface area contributed by atoms with Crippen LogP contribution in [0.2, 0.25) is 0 Å². The molecular weight excluding hydrogens is 216 g/mol. The van der Waals surface area contributed by atoms with E-state index in [-0.39, 0.29) is 30.0 Å². The summed E-state index contributed by atoms with van der Waals surface area (Å²) in [4.78, 5) is 23.5. The molecule has 3 nitrogen and oxygen atoms in total. The summed E-state index contributed by atoms with van der Waals surface area (Å²) in [5, 5.41) is 0. The van der Waals surface area contributed by atoms with Crippen LogP contribution in [0.5, 0.6) is 0 Å². The number of hydrogen-bond acceptors (Lipinski definition) is 3. The third-order valence-electron chi connectivity index (χ3n) is 3.44. The van der Waals surface area contributed by atoms with Crippen LogP contribution in [0.15, 0.2) is 24.3 Å². The molecule has 0 aromatic heterocycles. The molecule has 2 rings (SSSR count). The minimum Gasteiger partial charge on any atom is -0.360 e. The Hall–Kier alpha value is -1.22. The van der Waals surface area contributed by atoms with Crippen LogP contribution < -0.4 is 0 Å². The third-order valence-corrected chi connectivity index (χ3v) is 3.44. The molecule has 92 valence electrons. The van der Waals surface area contributed by atoms with Gasteiger partial charge >= 0.3 is 0 Å². The standard InChI is InChI=1S/C14H18O3/c1-8(2)10-5-4-9(3)6-12-14(17-12)13(16)11(15)7-10/h4-5,8,10,12,14H,3,6-7H2,1-2H3/b5-4-/t10-,12-,14-/m1/s1. The summed E-state index contributed by atoms with van der Waals surface area (Å²) in [6, 6.07) is 0. The van der Waals surface area contributed by atoms with E-state index in [4.69, 9.17) is 4.74 Å². The molecule has 0 aromatic rings. The van der Waals surface area contributed by atoms with Crippen molar-refractivity contribution in [3.8, 4) is 0 Å². The molecule has 0 saturated carbocycles. The highest BCUT2D eigenvalue weighted by atomic mass is 16.6. The van der Waals surface area contributed by atoms with Gasteiger partial charge in [-0.25, -0.2) is 0 Å². The lowest BCUT2D eigenvalue weighted by atomic mass is 9.87. The molecule has 1 heterocycles. The van der Waals surface area contributed by atoms with Crippen LogP contribution in [-0.4, -0.2) is 23.8 Å². The molecule has 0 bridgehead atoms. The Morgan fingerprint density at radius 2 is 2.06 bits per heavy atom. The summed E-state index contributed by atoms with van der Waals surface area (Å²) in [5.74, 6) is -0.207. The summed E-state index contributed by atoms with van der Waals surface area (Å²) >= 11 is 0. The van der Waals surface area contributed by atoms with Gasteiger partial charge < -0.3 is 4.74 Å². The van der Waals surface area contributed by atoms with Gasteiger partial charge in [0.05, 0.1) is 6.10 Å². The van der Waals surface area contributed by atoms with E-state index in [0.29, 0.717) is 12.3 Å². The van der Waals surface area contributed by atoms with Crippen molar-refractivity contribution in [3.05, 3.63) is 24.3 Å². The molecule has 0 spiro atoms. The average Bonchev–Trinajstić information content (AvgIpc) is 3.00. The van der Waals surface area contributed by atoms with Gasteiger partial charge in [0.25, 0.3) is 0 Å². The van der Waals surface area contributed by atoms with Crippen LogP contribution in [0.1, 0.15) is 26.7 Å². The second kappa shape index (κ2) is 4.57. The highest BCUT2D eigenvalue weighted by molar-refractivity contribution is 6.39. The number of rotatable bonds is 1. The van der Waals surface area contributed by atoms with Crippen molar-refractivity contribution < 1.29 is 14.3 Å². The highest BCUT2D eigenvalue weighted by Crippen LogP contribution is 2.32. The number of ketones is 2. The van der Waals surface area contributed by atoms with Crippen LogP contribution in [0.25, 0.3) is 0 Å². The van der Waals surface area contributed by atoms with Gasteiger partial charge in [-0.2, -0.15) is 0 Å². The Labute approximate surface area is 102 Å². The number of epoxide rings is 1. The fourth-order valence-electron chi connectivity index (χ4n) is 2.11. The zero-order chi connectivity index (χ0) is 12.6. The summed E-state index contributed by atoms with van der Waals surface area (Å²) in [6.07, 6.45) is 4.27. The molecule has 0 N–H and O–H groups in total. The lowest BCUT2D eigenvalue weighted by molar-refractivity contribution is -0.137. The van der Waals surface area contributed by atoms with Gasteiger partial charge in [0.2, 0.25) is 11.6 Å². The van der Waals surface area contributed by atoms with Crippen LogP contribution in [-0.2, 0) is 14.3 Å². The van der Waals surface area contributed by atoms with E-state index in [9.17, 15) is 9.59 Å². The number of hydrogen-bond donors (Lipinski definition) is 0. The van der Waals surface area contributed by atoms with E-state index < -0.39 is 6.10 Å². The van der Waals surface area contributed by atoms with Gasteiger partial charge in [0, 0.05) is 12.8 Å². The summed E-state index contributed by atoms with van der Waals surface area (Å²) in [7, 11) is 0. The average molecular weight is 234 g/mol. The Kier molecular flexibility index (Phi) is 3.29. The van der Waals surface area contributed by atoms with Crippen LogP contribution in [0.3, 0.4) is 0 Å². The Bertz CT molecular complexity index is 392. The zero-order valence-corrected chi connectivity index (χ0v) is 10.3. The quantitative estimate of drug-likeness (QED) is 0.515. The molecule has 17 heavy (non-hydrogen) atoms. The molecule has 1 aliphatic carbocycles. The smallest absolute Gasteiger partial charge is 0.229 e. The van der Waals surface area contributed by atoms with Crippen molar-refractivity contribution in [1.82, 2.24) is 0 Å². The maximum absolute atomic E-state index is 11.8. The van der Waals surface area contributed by atoms with E-state index in [1.807, 2.05) is 12.2 Å². The molecule has 1 fully saturated rings. The first-order valence-corrected chi connectivity index (χ1v) is 6.07. The summed E-state index contributed by atoms with van der Waals surface area (Å²) < 4.78 is 5.23. The first-order chi connectivity index (χ1) is 7.99. The number of Topliss-reactive ketones (excluding diaryl/α,β-unsaturated/α-hetero) is 2. The van der Waals surface area contributed by atoms with Gasteiger partial charge in [-0.1, -0.05) is 38.2 Å². The third kappa shape index (κ3) is 2.72. The van der Waals surface area contributed by atoms with Crippen molar-refractivity contribution in [2.75, 3.05) is 0 Å². The van der Waals surface area contributed by atoms with E-state index in [2.05, 4.69) is 20.4 Å². The van der Waals surface area contributed by atoms with Crippen molar-refractivity contribution in [1.29, 1.82) is 0 Å². The topological polar surface area (TPSA) is 46.7 Å². The highest BCUT2D eigenvalue weighted by Gasteiger charge is 2.47. The van der Waals surface area contributed by atoms with E-state index >= 15 is 0 Å². The lowest BCUT2D eigenvalue weighted by Gasteiger charge is -2.16. The van der Waals surface area contributed by atoms with Gasteiger partial charge in [-0.3, -0.25) is 9.59 Å². The Balaban J connectivity index is 2.18. The molecule has 1 saturated heterocycles. The molecular formula is C14H18O3. The number of carbonyl (C=O) groups excluding carboxylic acids is 2.